The first-order valence-electron chi connectivity index (χ1n) is 7.87. The first-order valence-corrected chi connectivity index (χ1v) is 8.25. The number of carbonyl (C=O) groups is 1. The highest BCUT2D eigenvalue weighted by molar-refractivity contribution is 6.30. The second kappa shape index (κ2) is 5.09. The second-order valence-electron chi connectivity index (χ2n) is 7.43. The molecule has 4 heteroatoms. The van der Waals surface area contributed by atoms with Crippen molar-refractivity contribution in [2.75, 3.05) is 0 Å². The van der Waals surface area contributed by atoms with Gasteiger partial charge in [-0.3, -0.25) is 9.79 Å². The molecule has 0 aliphatic heterocycles. The van der Waals surface area contributed by atoms with Gasteiger partial charge in [0.05, 0.1) is 0 Å². The molecule has 2 saturated carbocycles. The highest BCUT2D eigenvalue weighted by atomic mass is 35.5. The van der Waals surface area contributed by atoms with Gasteiger partial charge in [0.2, 0.25) is 5.91 Å². The summed E-state index contributed by atoms with van der Waals surface area (Å²) in [4.78, 5) is 16.8. The molecule has 2 fully saturated rings. The largest absolute Gasteiger partial charge is 0.368 e. The van der Waals surface area contributed by atoms with E-state index in [1.807, 2.05) is 12.1 Å². The Balaban J connectivity index is 1.98. The molecule has 3 nitrogen and oxygen atoms in total. The summed E-state index contributed by atoms with van der Waals surface area (Å²) < 4.78 is 0. The molecular weight excluding hydrogens is 296 g/mol. The standard InChI is InChI=1S/C18H23ClN2O/c1-17(2)12-8-9-18(17,3)14(10-12)21-15(16(20)22)11-4-6-13(19)7-5-11/h4-7,12,15H,8-10H2,1-3H3,(H2,20,22)/t12-,15-,18+/m1/s1. The third-order valence-corrected chi connectivity index (χ3v) is 6.50. The number of rotatable bonds is 3. The lowest BCUT2D eigenvalue weighted by Gasteiger charge is -2.35. The molecule has 3 atom stereocenters. The lowest BCUT2D eigenvalue weighted by Crippen LogP contribution is -2.33. The molecule has 2 N–H and O–H groups in total. The third-order valence-electron chi connectivity index (χ3n) is 6.25. The number of hydrogen-bond acceptors (Lipinski definition) is 2. The van der Waals surface area contributed by atoms with Crippen LogP contribution in [0.4, 0.5) is 0 Å². The zero-order valence-electron chi connectivity index (χ0n) is 13.4. The topological polar surface area (TPSA) is 55.4 Å². The van der Waals surface area contributed by atoms with Crippen LogP contribution in [-0.2, 0) is 4.79 Å². The summed E-state index contributed by atoms with van der Waals surface area (Å²) in [6, 6.07) is 6.61. The van der Waals surface area contributed by atoms with Crippen LogP contribution in [0.15, 0.2) is 29.3 Å². The molecule has 0 radical (unpaired) electrons. The molecule has 0 heterocycles. The van der Waals surface area contributed by atoms with Gasteiger partial charge in [0.1, 0.15) is 0 Å². The van der Waals surface area contributed by atoms with E-state index in [4.69, 9.17) is 22.3 Å². The second-order valence-corrected chi connectivity index (χ2v) is 7.86. The molecule has 2 bridgehead atoms. The molecule has 2 aliphatic carbocycles. The van der Waals surface area contributed by atoms with Crippen molar-refractivity contribution in [3.8, 4) is 0 Å². The van der Waals surface area contributed by atoms with Crippen LogP contribution < -0.4 is 5.73 Å². The molecule has 0 spiro atoms. The predicted octanol–water partition coefficient (Wildman–Crippen LogP) is 4.15. The van der Waals surface area contributed by atoms with Gasteiger partial charge >= 0.3 is 0 Å². The summed E-state index contributed by atoms with van der Waals surface area (Å²) in [6.45, 7) is 6.95. The van der Waals surface area contributed by atoms with Gasteiger partial charge < -0.3 is 5.73 Å². The maximum absolute atomic E-state index is 11.9. The fourth-order valence-corrected chi connectivity index (χ4v) is 4.35. The highest BCUT2D eigenvalue weighted by Gasteiger charge is 2.59. The summed E-state index contributed by atoms with van der Waals surface area (Å²) in [5.41, 5.74) is 7.91. The van der Waals surface area contributed by atoms with Crippen LogP contribution in [0.25, 0.3) is 0 Å². The zero-order chi connectivity index (χ0) is 16.1. The van der Waals surface area contributed by atoms with Crippen LogP contribution in [0.1, 0.15) is 51.6 Å². The van der Waals surface area contributed by atoms with Crippen LogP contribution in [0.5, 0.6) is 0 Å². The van der Waals surface area contributed by atoms with Crippen molar-refractivity contribution >= 4 is 23.2 Å². The summed E-state index contributed by atoms with van der Waals surface area (Å²) in [5.74, 6) is 0.258. The molecule has 1 aromatic carbocycles. The normalized spacial score (nSPS) is 32.4. The number of nitrogens with zero attached hydrogens (tertiary/aromatic N) is 1. The average Bonchev–Trinajstić information content (AvgIpc) is 2.78. The summed E-state index contributed by atoms with van der Waals surface area (Å²) in [6.07, 6.45) is 3.39. The van der Waals surface area contributed by atoms with Crippen molar-refractivity contribution in [3.63, 3.8) is 0 Å². The Kier molecular flexibility index (Phi) is 3.59. The Morgan fingerprint density at radius 2 is 1.95 bits per heavy atom. The molecule has 1 amide bonds. The Bertz CT molecular complexity index is 635. The lowest BCUT2D eigenvalue weighted by atomic mass is 9.70. The van der Waals surface area contributed by atoms with E-state index in [0.717, 1.165) is 24.1 Å². The SMILES string of the molecule is CC1(C)[C@@H]2CC[C@@]1(C)C(=N[C@@H](C(N)=O)c1ccc(Cl)cc1)C2. The van der Waals surface area contributed by atoms with Gasteiger partial charge in [0, 0.05) is 16.1 Å². The molecule has 2 aliphatic rings. The lowest BCUT2D eigenvalue weighted by molar-refractivity contribution is -0.119. The molecule has 0 aromatic heterocycles. The first-order chi connectivity index (χ1) is 10.3. The molecule has 0 saturated heterocycles. The number of primary amides is 1. The van der Waals surface area contributed by atoms with Gasteiger partial charge in [0.15, 0.2) is 6.04 Å². The molecule has 22 heavy (non-hydrogen) atoms. The van der Waals surface area contributed by atoms with Crippen LogP contribution >= 0.6 is 11.6 Å². The van der Waals surface area contributed by atoms with E-state index < -0.39 is 11.9 Å². The monoisotopic (exact) mass is 318 g/mol. The molecule has 1 aromatic rings. The fraction of sp³-hybridized carbons (Fsp3) is 0.556. The highest BCUT2D eigenvalue weighted by Crippen LogP contribution is 2.64. The molecule has 0 unspecified atom stereocenters. The summed E-state index contributed by atoms with van der Waals surface area (Å²) in [5, 5.41) is 0.646. The van der Waals surface area contributed by atoms with Crippen molar-refractivity contribution < 1.29 is 4.79 Å². The van der Waals surface area contributed by atoms with Gasteiger partial charge in [-0.1, -0.05) is 44.5 Å². The van der Waals surface area contributed by atoms with E-state index in [2.05, 4.69) is 20.8 Å². The molecular formula is C18H23ClN2O. The smallest absolute Gasteiger partial charge is 0.246 e. The number of hydrogen-bond donors (Lipinski definition) is 1. The number of aliphatic imine (C=N–C) groups is 1. The van der Waals surface area contributed by atoms with Crippen LogP contribution in [0.2, 0.25) is 5.02 Å². The van der Waals surface area contributed by atoms with E-state index in [-0.39, 0.29) is 10.8 Å². The minimum absolute atomic E-state index is 0.0811. The van der Waals surface area contributed by atoms with Crippen molar-refractivity contribution in [1.82, 2.24) is 0 Å². The number of carbonyl (C=O) groups excluding carboxylic acids is 1. The van der Waals surface area contributed by atoms with Crippen molar-refractivity contribution in [2.24, 2.45) is 27.5 Å². The fourth-order valence-electron chi connectivity index (χ4n) is 4.23. The van der Waals surface area contributed by atoms with E-state index in [1.54, 1.807) is 12.1 Å². The minimum Gasteiger partial charge on any atom is -0.368 e. The average molecular weight is 319 g/mol. The van der Waals surface area contributed by atoms with E-state index >= 15 is 0 Å². The number of nitrogens with two attached hydrogens (primary N) is 1. The Labute approximate surface area is 136 Å². The van der Waals surface area contributed by atoms with Gasteiger partial charge in [-0.05, 0) is 48.3 Å². The van der Waals surface area contributed by atoms with Gasteiger partial charge in [-0.15, -0.1) is 0 Å². The third kappa shape index (κ3) is 2.18. The van der Waals surface area contributed by atoms with E-state index in [0.29, 0.717) is 10.9 Å². The van der Waals surface area contributed by atoms with Gasteiger partial charge in [-0.25, -0.2) is 0 Å². The number of halogens is 1. The maximum atomic E-state index is 11.9. The molecule has 118 valence electrons. The van der Waals surface area contributed by atoms with Gasteiger partial charge in [-0.2, -0.15) is 0 Å². The number of benzene rings is 1. The number of fused-ring (bicyclic) bond motifs is 2. The summed E-state index contributed by atoms with van der Waals surface area (Å²) in [7, 11) is 0. The van der Waals surface area contributed by atoms with E-state index in [9.17, 15) is 4.79 Å². The van der Waals surface area contributed by atoms with Crippen molar-refractivity contribution in [2.45, 2.75) is 46.1 Å². The van der Waals surface area contributed by atoms with Crippen molar-refractivity contribution in [1.29, 1.82) is 0 Å². The van der Waals surface area contributed by atoms with Gasteiger partial charge in [0.25, 0.3) is 0 Å². The quantitative estimate of drug-likeness (QED) is 0.894. The van der Waals surface area contributed by atoms with E-state index in [1.165, 1.54) is 6.42 Å². The molecule has 3 rings (SSSR count). The number of amides is 1. The predicted molar refractivity (Wildman–Crippen MR) is 90.1 cm³/mol. The van der Waals surface area contributed by atoms with Crippen LogP contribution in [0.3, 0.4) is 0 Å². The first kappa shape index (κ1) is 15.5. The Morgan fingerprint density at radius 3 is 2.41 bits per heavy atom. The zero-order valence-corrected chi connectivity index (χ0v) is 14.2. The maximum Gasteiger partial charge on any atom is 0.246 e. The van der Waals surface area contributed by atoms with Crippen molar-refractivity contribution in [3.05, 3.63) is 34.9 Å². The Hall–Kier alpha value is -1.35. The summed E-state index contributed by atoms with van der Waals surface area (Å²) >= 11 is 5.93. The Morgan fingerprint density at radius 1 is 1.32 bits per heavy atom. The van der Waals surface area contributed by atoms with Crippen LogP contribution in [-0.4, -0.2) is 11.6 Å². The minimum atomic E-state index is -0.612. The van der Waals surface area contributed by atoms with Crippen LogP contribution in [0, 0.1) is 16.7 Å².